The smallest absolute Gasteiger partial charge is 0.202 e. The van der Waals surface area contributed by atoms with Crippen molar-refractivity contribution in [3.8, 4) is 0 Å². The van der Waals surface area contributed by atoms with Crippen LogP contribution in [0.15, 0.2) is 61.9 Å². The van der Waals surface area contributed by atoms with Gasteiger partial charge in [-0.2, -0.15) is 0 Å². The summed E-state index contributed by atoms with van der Waals surface area (Å²) < 4.78 is 0. The number of nitrogens with zero attached hydrogens (tertiary/aromatic N) is 2. The molecule has 0 amide bonds. The molecule has 1 N–H and O–H groups in total. The quantitative estimate of drug-likeness (QED) is 0.150. The largest absolute Gasteiger partial charge is 0.524 e. The molecule has 0 aliphatic heterocycles. The summed E-state index contributed by atoms with van der Waals surface area (Å²) >= 11 is 0. The highest BCUT2D eigenvalue weighted by Crippen LogP contribution is 2.38. The maximum atomic E-state index is 8.47. The van der Waals surface area contributed by atoms with Crippen molar-refractivity contribution in [2.24, 2.45) is 11.8 Å². The lowest BCUT2D eigenvalue weighted by atomic mass is 9.65. The molecule has 1 aliphatic rings. The fraction of sp³-hybridized carbons (Fsp3) is 0.697. The standard InChI is InChI=1S/C20H38N2.C5H10BO.C4H8.C2H6.C2H4/c1-17(11-13-21(3)4)7-8-19-9-10-20(16-19)15-18(2)12-14-22(5)6;1-4(2)6-5(3)7;1-4(2)3;2*1-2/h19-20H,1-2,7-16H2,3-6H3;4,7H,3H2,1-2H3;1H2,2-3H3;1-2H3;1-2H2. The van der Waals surface area contributed by atoms with E-state index in [1.807, 2.05) is 41.5 Å². The van der Waals surface area contributed by atoms with Crippen LogP contribution in [0.25, 0.3) is 0 Å². The fourth-order valence-electron chi connectivity index (χ4n) is 3.82. The van der Waals surface area contributed by atoms with Gasteiger partial charge in [-0.15, -0.1) is 19.7 Å². The van der Waals surface area contributed by atoms with Crippen LogP contribution in [0, 0.1) is 11.8 Å². The number of allylic oxidation sites excluding steroid dienone is 1. The molecule has 0 saturated heterocycles. The Bertz CT molecular complexity index is 577. The van der Waals surface area contributed by atoms with Crippen molar-refractivity contribution in [1.82, 2.24) is 9.80 Å². The average molecular weight is 518 g/mol. The Balaban J connectivity index is -0.000000299. The Hall–Kier alpha value is -1.52. The predicted molar refractivity (Wildman–Crippen MR) is 175 cm³/mol. The first-order valence-corrected chi connectivity index (χ1v) is 14.2. The van der Waals surface area contributed by atoms with Crippen LogP contribution >= 0.6 is 0 Å². The molecule has 3 nitrogen and oxygen atoms in total. The van der Waals surface area contributed by atoms with Gasteiger partial charge in [0, 0.05) is 18.7 Å². The minimum atomic E-state index is 0.162. The van der Waals surface area contributed by atoms with E-state index in [2.05, 4.69) is 77.5 Å². The van der Waals surface area contributed by atoms with Crippen molar-refractivity contribution in [1.29, 1.82) is 0 Å². The molecule has 0 aromatic heterocycles. The van der Waals surface area contributed by atoms with Crippen LogP contribution in [0.3, 0.4) is 0 Å². The van der Waals surface area contributed by atoms with E-state index in [4.69, 9.17) is 5.11 Å². The van der Waals surface area contributed by atoms with Crippen molar-refractivity contribution in [3.63, 3.8) is 0 Å². The van der Waals surface area contributed by atoms with E-state index in [0.717, 1.165) is 37.8 Å². The van der Waals surface area contributed by atoms with Crippen molar-refractivity contribution < 1.29 is 5.11 Å². The zero-order chi connectivity index (χ0) is 30.0. The number of hydrogen-bond donors (Lipinski definition) is 1. The highest BCUT2D eigenvalue weighted by molar-refractivity contribution is 6.45. The average Bonchev–Trinajstić information content (AvgIpc) is 3.24. The summed E-state index contributed by atoms with van der Waals surface area (Å²) in [6, 6.07) is 0. The zero-order valence-electron chi connectivity index (χ0n) is 27.0. The summed E-state index contributed by atoms with van der Waals surface area (Å²) in [5, 5.41) is 8.47. The molecule has 0 spiro atoms. The monoisotopic (exact) mass is 518 g/mol. The normalized spacial score (nSPS) is 15.6. The third-order valence-electron chi connectivity index (χ3n) is 5.48. The maximum absolute atomic E-state index is 8.47. The number of aliphatic hydroxyl groups excluding tert-OH is 1. The van der Waals surface area contributed by atoms with Crippen molar-refractivity contribution in [2.75, 3.05) is 41.3 Å². The van der Waals surface area contributed by atoms with E-state index in [1.54, 1.807) is 7.28 Å². The van der Waals surface area contributed by atoms with Gasteiger partial charge in [0.2, 0.25) is 7.28 Å². The van der Waals surface area contributed by atoms with Gasteiger partial charge in [-0.05, 0) is 98.8 Å². The van der Waals surface area contributed by atoms with Gasteiger partial charge in [-0.1, -0.05) is 76.4 Å². The topological polar surface area (TPSA) is 26.7 Å². The Morgan fingerprint density at radius 3 is 1.57 bits per heavy atom. The molecule has 1 fully saturated rings. The molecule has 2 unspecified atom stereocenters. The van der Waals surface area contributed by atoms with Crippen LogP contribution in [-0.2, 0) is 0 Å². The van der Waals surface area contributed by atoms with Gasteiger partial charge < -0.3 is 14.9 Å². The van der Waals surface area contributed by atoms with E-state index in [1.165, 1.54) is 55.2 Å². The summed E-state index contributed by atoms with van der Waals surface area (Å²) in [6.45, 7) is 35.6. The molecule has 2 atom stereocenters. The molecule has 0 bridgehead atoms. The predicted octanol–water partition coefficient (Wildman–Crippen LogP) is 9.55. The number of rotatable bonds is 13. The highest BCUT2D eigenvalue weighted by Gasteiger charge is 2.24. The van der Waals surface area contributed by atoms with Crippen LogP contribution in [0.4, 0.5) is 0 Å². The number of hydrogen-bond acceptors (Lipinski definition) is 3. The van der Waals surface area contributed by atoms with Gasteiger partial charge in [0.25, 0.3) is 0 Å². The SMILES string of the molecule is C=C.C=C(C)C.C=C(CCC1CCC(CC(=C)CCN(C)C)C1)CCN(C)C.C=C(O)[B]C(C)C.CC. The molecule has 0 heterocycles. The second kappa shape index (κ2) is 29.0. The minimum Gasteiger partial charge on any atom is -0.524 e. The van der Waals surface area contributed by atoms with Crippen molar-refractivity contribution >= 4 is 7.28 Å². The lowest BCUT2D eigenvalue weighted by Gasteiger charge is -2.16. The van der Waals surface area contributed by atoms with Gasteiger partial charge in [-0.3, -0.25) is 0 Å². The highest BCUT2D eigenvalue weighted by atomic mass is 16.3. The first-order valence-electron chi connectivity index (χ1n) is 14.2. The third kappa shape index (κ3) is 39.2. The van der Waals surface area contributed by atoms with E-state index in [0.29, 0.717) is 5.82 Å². The van der Waals surface area contributed by atoms with Crippen LogP contribution in [0.5, 0.6) is 0 Å². The molecule has 217 valence electrons. The molecule has 1 saturated carbocycles. The first-order chi connectivity index (χ1) is 17.2. The van der Waals surface area contributed by atoms with Gasteiger partial charge in [0.15, 0.2) is 0 Å². The minimum absolute atomic E-state index is 0.162. The molecule has 37 heavy (non-hydrogen) atoms. The van der Waals surface area contributed by atoms with Crippen LogP contribution in [0.2, 0.25) is 5.82 Å². The number of aliphatic hydroxyl groups is 1. The molecule has 1 rings (SSSR count). The lowest BCUT2D eigenvalue weighted by molar-refractivity contribution is 0.400. The van der Waals surface area contributed by atoms with Crippen molar-refractivity contribution in [2.45, 2.75) is 98.7 Å². The fourth-order valence-corrected chi connectivity index (χ4v) is 3.82. The molecule has 1 aliphatic carbocycles. The Morgan fingerprint density at radius 1 is 0.811 bits per heavy atom. The van der Waals surface area contributed by atoms with E-state index in [-0.39, 0.29) is 5.66 Å². The van der Waals surface area contributed by atoms with Gasteiger partial charge in [0.05, 0.1) is 0 Å². The molecule has 1 radical (unpaired) electrons. The van der Waals surface area contributed by atoms with E-state index < -0.39 is 0 Å². The van der Waals surface area contributed by atoms with Crippen LogP contribution in [-0.4, -0.2) is 63.5 Å². The first kappa shape index (κ1) is 42.6. The third-order valence-corrected chi connectivity index (χ3v) is 5.48. The van der Waals surface area contributed by atoms with Gasteiger partial charge in [-0.25, -0.2) is 0 Å². The van der Waals surface area contributed by atoms with Gasteiger partial charge >= 0.3 is 0 Å². The Morgan fingerprint density at radius 2 is 1.22 bits per heavy atom. The second-order valence-corrected chi connectivity index (χ2v) is 11.0. The Labute approximate surface area is 235 Å². The molecular weight excluding hydrogens is 451 g/mol. The second-order valence-electron chi connectivity index (χ2n) is 11.0. The summed E-state index contributed by atoms with van der Waals surface area (Å²) in [6.07, 6.45) is 10.4. The van der Waals surface area contributed by atoms with Crippen LogP contribution < -0.4 is 0 Å². The molecule has 0 aromatic carbocycles. The van der Waals surface area contributed by atoms with Crippen LogP contribution in [0.1, 0.15) is 92.9 Å². The Kier molecular flexibility index (Phi) is 33.4. The maximum Gasteiger partial charge on any atom is 0.202 e. The summed E-state index contributed by atoms with van der Waals surface area (Å²) in [7, 11) is 10.3. The zero-order valence-corrected chi connectivity index (χ0v) is 27.0. The van der Waals surface area contributed by atoms with Gasteiger partial charge in [0.1, 0.15) is 0 Å². The summed E-state index contributed by atoms with van der Waals surface area (Å²) in [5.74, 6) is 2.23. The molecule has 0 aromatic rings. The van der Waals surface area contributed by atoms with E-state index >= 15 is 0 Å². The molecular formula is C33H66BN2O. The van der Waals surface area contributed by atoms with Crippen molar-refractivity contribution in [3.05, 3.63) is 61.9 Å². The molecule has 4 heteroatoms. The van der Waals surface area contributed by atoms with E-state index in [9.17, 15) is 0 Å². The summed E-state index contributed by atoms with van der Waals surface area (Å²) in [4.78, 5) is 4.50. The summed E-state index contributed by atoms with van der Waals surface area (Å²) in [5.41, 5.74) is 4.22. The lowest BCUT2D eigenvalue weighted by Crippen LogP contribution is -2.14.